The van der Waals surface area contributed by atoms with Gasteiger partial charge in [-0.15, -0.1) is 0 Å². The summed E-state index contributed by atoms with van der Waals surface area (Å²) >= 11 is 0. The molecule has 0 radical (unpaired) electrons. The van der Waals surface area contributed by atoms with Crippen LogP contribution in [-0.4, -0.2) is 9.97 Å². The van der Waals surface area contributed by atoms with Crippen LogP contribution in [-0.2, 0) is 6.54 Å². The van der Waals surface area contributed by atoms with Crippen LogP contribution in [0.25, 0.3) is 0 Å². The van der Waals surface area contributed by atoms with Gasteiger partial charge in [-0.3, -0.25) is 0 Å². The van der Waals surface area contributed by atoms with E-state index in [1.54, 1.807) is 18.4 Å². The van der Waals surface area contributed by atoms with Gasteiger partial charge in [0.1, 0.15) is 41.0 Å². The van der Waals surface area contributed by atoms with Gasteiger partial charge in [0.05, 0.1) is 12.8 Å². The normalized spacial score (nSPS) is 10.5. The highest BCUT2D eigenvalue weighted by molar-refractivity contribution is 5.59. The maximum absolute atomic E-state index is 13.6. The Balaban J connectivity index is 1.73. The van der Waals surface area contributed by atoms with Crippen LogP contribution in [0, 0.1) is 11.6 Å². The zero-order valence-electron chi connectivity index (χ0n) is 11.4. The largest absolute Gasteiger partial charge is 0.467 e. The third-order valence-electron chi connectivity index (χ3n) is 2.91. The molecule has 0 amide bonds. The van der Waals surface area contributed by atoms with Gasteiger partial charge in [0.25, 0.3) is 0 Å². The Kier molecular flexibility index (Phi) is 3.95. The monoisotopic (exact) mass is 302 g/mol. The molecule has 7 heteroatoms. The molecule has 0 aliphatic rings. The lowest BCUT2D eigenvalue weighted by molar-refractivity contribution is 0.518. The Labute approximate surface area is 125 Å². The van der Waals surface area contributed by atoms with Gasteiger partial charge in [-0.25, -0.2) is 18.7 Å². The molecule has 2 N–H and O–H groups in total. The van der Waals surface area contributed by atoms with E-state index < -0.39 is 11.6 Å². The number of rotatable bonds is 5. The molecule has 0 spiro atoms. The van der Waals surface area contributed by atoms with Gasteiger partial charge in [-0.05, 0) is 24.3 Å². The molecule has 2 heterocycles. The summed E-state index contributed by atoms with van der Waals surface area (Å²) in [5.41, 5.74) is -0.252. The summed E-state index contributed by atoms with van der Waals surface area (Å²) in [5.74, 6) is 0.146. The van der Waals surface area contributed by atoms with Crippen molar-refractivity contribution >= 4 is 17.3 Å². The fourth-order valence-electron chi connectivity index (χ4n) is 1.86. The number of nitrogens with zero attached hydrogens (tertiary/aromatic N) is 2. The molecule has 112 valence electrons. The van der Waals surface area contributed by atoms with Crippen LogP contribution in [0.3, 0.4) is 0 Å². The number of furan rings is 1. The highest BCUT2D eigenvalue weighted by atomic mass is 19.1. The van der Waals surface area contributed by atoms with Gasteiger partial charge >= 0.3 is 0 Å². The molecule has 0 saturated heterocycles. The standard InChI is InChI=1S/C15H12F2N4O/c16-11-4-1-5-12(17)15(11)21-14-7-13(19-9-20-14)18-8-10-3-2-6-22-10/h1-7,9H,8H2,(H2,18,19,20,21). The summed E-state index contributed by atoms with van der Waals surface area (Å²) in [6, 6.07) is 8.79. The molecular formula is C15H12F2N4O. The topological polar surface area (TPSA) is 63.0 Å². The number of hydrogen-bond donors (Lipinski definition) is 2. The number of nitrogens with one attached hydrogen (secondary N) is 2. The van der Waals surface area contributed by atoms with Gasteiger partial charge in [0.15, 0.2) is 0 Å². The molecule has 0 saturated carbocycles. The molecule has 0 atom stereocenters. The van der Waals surface area contributed by atoms with Crippen molar-refractivity contribution in [3.05, 3.63) is 66.4 Å². The van der Waals surface area contributed by atoms with Crippen molar-refractivity contribution in [1.29, 1.82) is 0 Å². The van der Waals surface area contributed by atoms with Gasteiger partial charge in [-0.1, -0.05) is 6.07 Å². The summed E-state index contributed by atoms with van der Waals surface area (Å²) < 4.78 is 32.4. The maximum atomic E-state index is 13.6. The smallest absolute Gasteiger partial charge is 0.149 e. The number of anilines is 3. The maximum Gasteiger partial charge on any atom is 0.149 e. The summed E-state index contributed by atoms with van der Waals surface area (Å²) in [4.78, 5) is 7.98. The van der Waals surface area contributed by atoms with Crippen molar-refractivity contribution in [2.75, 3.05) is 10.6 Å². The van der Waals surface area contributed by atoms with E-state index in [4.69, 9.17) is 4.42 Å². The number of hydrogen-bond acceptors (Lipinski definition) is 5. The summed E-state index contributed by atoms with van der Waals surface area (Å²) in [5, 5.41) is 5.64. The van der Waals surface area contributed by atoms with Gasteiger partial charge in [0, 0.05) is 6.07 Å². The van der Waals surface area contributed by atoms with E-state index in [-0.39, 0.29) is 11.5 Å². The molecule has 3 rings (SSSR count). The first-order valence-corrected chi connectivity index (χ1v) is 6.52. The van der Waals surface area contributed by atoms with Gasteiger partial charge in [-0.2, -0.15) is 0 Å². The quantitative estimate of drug-likeness (QED) is 0.752. The molecule has 2 aromatic heterocycles. The van der Waals surface area contributed by atoms with Crippen LogP contribution in [0.1, 0.15) is 5.76 Å². The number of halogens is 2. The second-order valence-corrected chi connectivity index (χ2v) is 4.44. The first kappa shape index (κ1) is 14.0. The average Bonchev–Trinajstić information content (AvgIpc) is 3.03. The lowest BCUT2D eigenvalue weighted by atomic mass is 10.3. The van der Waals surface area contributed by atoms with Crippen LogP contribution >= 0.6 is 0 Å². The zero-order valence-corrected chi connectivity index (χ0v) is 11.4. The molecule has 0 bridgehead atoms. The molecule has 1 aromatic carbocycles. The van der Waals surface area contributed by atoms with Crippen molar-refractivity contribution in [3.63, 3.8) is 0 Å². The second kappa shape index (κ2) is 6.21. The van der Waals surface area contributed by atoms with E-state index in [9.17, 15) is 8.78 Å². The third-order valence-corrected chi connectivity index (χ3v) is 2.91. The van der Waals surface area contributed by atoms with Crippen molar-refractivity contribution in [2.24, 2.45) is 0 Å². The van der Waals surface area contributed by atoms with Gasteiger partial charge in [0.2, 0.25) is 0 Å². The average molecular weight is 302 g/mol. The number of aromatic nitrogens is 2. The minimum absolute atomic E-state index is 0.252. The summed E-state index contributed by atoms with van der Waals surface area (Å²) in [6.45, 7) is 0.442. The van der Waals surface area contributed by atoms with Crippen LogP contribution in [0.15, 0.2) is 53.4 Å². The minimum Gasteiger partial charge on any atom is -0.467 e. The van der Waals surface area contributed by atoms with Crippen molar-refractivity contribution in [3.8, 4) is 0 Å². The van der Waals surface area contributed by atoms with Crippen molar-refractivity contribution in [1.82, 2.24) is 9.97 Å². The molecule has 0 fully saturated rings. The van der Waals surface area contributed by atoms with E-state index in [2.05, 4.69) is 20.6 Å². The van der Waals surface area contributed by atoms with Crippen LogP contribution in [0.4, 0.5) is 26.1 Å². The van der Waals surface area contributed by atoms with Crippen LogP contribution < -0.4 is 10.6 Å². The Bertz CT molecular complexity index is 742. The van der Waals surface area contributed by atoms with Crippen LogP contribution in [0.2, 0.25) is 0 Å². The molecule has 0 aliphatic heterocycles. The molecule has 0 unspecified atom stereocenters. The molecule has 3 aromatic rings. The van der Waals surface area contributed by atoms with Crippen LogP contribution in [0.5, 0.6) is 0 Å². The van der Waals surface area contributed by atoms with Gasteiger partial charge < -0.3 is 15.1 Å². The zero-order chi connectivity index (χ0) is 15.4. The van der Waals surface area contributed by atoms with E-state index in [1.807, 2.05) is 6.07 Å². The predicted molar refractivity (Wildman–Crippen MR) is 77.7 cm³/mol. The lowest BCUT2D eigenvalue weighted by Gasteiger charge is -2.09. The fraction of sp³-hybridized carbons (Fsp3) is 0.0667. The third kappa shape index (κ3) is 3.20. The SMILES string of the molecule is Fc1cccc(F)c1Nc1cc(NCc2ccco2)ncn1. The Morgan fingerprint density at radius 3 is 2.50 bits per heavy atom. The highest BCUT2D eigenvalue weighted by Gasteiger charge is 2.09. The summed E-state index contributed by atoms with van der Waals surface area (Å²) in [6.07, 6.45) is 2.87. The molecule has 22 heavy (non-hydrogen) atoms. The first-order valence-electron chi connectivity index (χ1n) is 6.52. The van der Waals surface area contributed by atoms with E-state index >= 15 is 0 Å². The highest BCUT2D eigenvalue weighted by Crippen LogP contribution is 2.22. The number of para-hydroxylation sites is 1. The fourth-order valence-corrected chi connectivity index (χ4v) is 1.86. The summed E-state index contributed by atoms with van der Waals surface area (Å²) in [7, 11) is 0. The number of benzene rings is 1. The predicted octanol–water partition coefficient (Wildman–Crippen LogP) is 3.70. The molecule has 5 nitrogen and oxygen atoms in total. The minimum atomic E-state index is -0.691. The Hall–Kier alpha value is -2.96. The van der Waals surface area contributed by atoms with Crippen molar-refractivity contribution < 1.29 is 13.2 Å². The van der Waals surface area contributed by atoms with E-state index in [1.165, 1.54) is 24.5 Å². The van der Waals surface area contributed by atoms with Crippen molar-refractivity contribution in [2.45, 2.75) is 6.54 Å². The van der Waals surface area contributed by atoms with E-state index in [0.717, 1.165) is 5.76 Å². The first-order chi connectivity index (χ1) is 10.7. The lowest BCUT2D eigenvalue weighted by Crippen LogP contribution is -2.03. The Morgan fingerprint density at radius 1 is 1.00 bits per heavy atom. The van der Waals surface area contributed by atoms with E-state index in [0.29, 0.717) is 12.4 Å². The molecular weight excluding hydrogens is 290 g/mol. The Morgan fingerprint density at radius 2 is 1.77 bits per heavy atom. The molecule has 0 aliphatic carbocycles. The second-order valence-electron chi connectivity index (χ2n) is 4.44.